The summed E-state index contributed by atoms with van der Waals surface area (Å²) in [6.45, 7) is 11.9. The molecule has 4 aliphatic rings. The molecule has 6 heterocycles. The number of aliphatic hydroxyl groups is 2. The Morgan fingerprint density at radius 3 is 1.68 bits per heavy atom. The number of carboxylic acid groups (broad SMARTS) is 1. The zero-order chi connectivity index (χ0) is 41.7. The number of aromatic carboxylic acids is 1. The number of aliphatic hydroxyl groups excluding tert-OH is 2. The Kier molecular flexibility index (Phi) is 18.6. The van der Waals surface area contributed by atoms with E-state index in [0.29, 0.717) is 37.2 Å². The Labute approximate surface area is 372 Å². The van der Waals surface area contributed by atoms with Crippen LogP contribution in [0.4, 0.5) is 0 Å². The zero-order valence-electron chi connectivity index (χ0n) is 35.5. The smallest absolute Gasteiger partial charge is 0.356 e. The summed E-state index contributed by atoms with van der Waals surface area (Å²) in [5, 5.41) is 31.6. The molecule has 6 N–H and O–H groups in total. The molecule has 0 saturated heterocycles. The standard InChI is InChI=1S/C23H32N4O2.C12H18N2O.C11H16N2O2.HI/c1-2-5-17-8-11-27-16-21(25-22(27)12-17)23(29)24-13-20(28)15-26-10-9-18-6-3-4-7-19(18)14-26;13-7-12(15)9-14-6-5-10-3-1-2-4-11(10)8-14;1-2-3-8-4-5-13-7-9(11(14)15)12-10(13)6-8;/h3-4,6-7,16-17,20,28H,2,5,8-15H2,1H3,(H,24,29);1-4,12,15H,5-9,13H2;7-8H,2-6H2,1H3,(H,14,15);1H/p-1. The largest absolute Gasteiger partial charge is 1.00 e. The van der Waals surface area contributed by atoms with Crippen LogP contribution < -0.4 is 35.0 Å². The van der Waals surface area contributed by atoms with Gasteiger partial charge >= 0.3 is 5.97 Å². The number of hydrogen-bond donors (Lipinski definition) is 5. The van der Waals surface area contributed by atoms with Crippen LogP contribution in [0.25, 0.3) is 0 Å². The van der Waals surface area contributed by atoms with E-state index in [2.05, 4.69) is 92.0 Å². The topological polar surface area (TPSA) is 175 Å². The lowest BCUT2D eigenvalue weighted by Gasteiger charge is -2.30. The van der Waals surface area contributed by atoms with Crippen molar-refractivity contribution in [3.63, 3.8) is 0 Å². The van der Waals surface area contributed by atoms with Gasteiger partial charge in [0.1, 0.15) is 17.3 Å². The number of aryl methyl sites for hydroxylation is 2. The van der Waals surface area contributed by atoms with E-state index < -0.39 is 18.2 Å². The van der Waals surface area contributed by atoms with Gasteiger partial charge in [-0.15, -0.1) is 0 Å². The highest BCUT2D eigenvalue weighted by Crippen LogP contribution is 2.25. The van der Waals surface area contributed by atoms with Crippen molar-refractivity contribution in [1.29, 1.82) is 0 Å². The minimum atomic E-state index is -0.927. The number of rotatable bonds is 13. The van der Waals surface area contributed by atoms with E-state index >= 15 is 0 Å². The number of carboxylic acids is 1. The highest BCUT2D eigenvalue weighted by Gasteiger charge is 2.25. The van der Waals surface area contributed by atoms with Gasteiger partial charge in [0.15, 0.2) is 5.69 Å². The number of imidazole rings is 2. The molecule has 0 bridgehead atoms. The molecular formula is C46H66IN8O5-. The maximum Gasteiger partial charge on any atom is 0.356 e. The van der Waals surface area contributed by atoms with Crippen LogP contribution in [0.3, 0.4) is 0 Å². The van der Waals surface area contributed by atoms with Crippen molar-refractivity contribution < 1.29 is 48.9 Å². The molecule has 13 nitrogen and oxygen atoms in total. The molecule has 1 amide bonds. The van der Waals surface area contributed by atoms with Crippen molar-refractivity contribution in [2.45, 2.75) is 116 Å². The molecule has 2 aromatic heterocycles. The van der Waals surface area contributed by atoms with Gasteiger partial charge in [0, 0.05) is 90.7 Å². The van der Waals surface area contributed by atoms with Crippen LogP contribution in [0.1, 0.15) is 107 Å². The number of fused-ring (bicyclic) bond motifs is 4. The first-order valence-corrected chi connectivity index (χ1v) is 21.9. The van der Waals surface area contributed by atoms with Crippen LogP contribution in [-0.4, -0.2) is 108 Å². The van der Waals surface area contributed by atoms with Crippen LogP contribution in [0, 0.1) is 11.8 Å². The Morgan fingerprint density at radius 2 is 1.20 bits per heavy atom. The van der Waals surface area contributed by atoms with Crippen LogP contribution >= 0.6 is 0 Å². The fourth-order valence-corrected chi connectivity index (χ4v) is 8.96. The second-order valence-electron chi connectivity index (χ2n) is 16.8. The van der Waals surface area contributed by atoms with Crippen LogP contribution in [0.2, 0.25) is 0 Å². The maximum absolute atomic E-state index is 12.5. The first-order valence-electron chi connectivity index (χ1n) is 21.9. The summed E-state index contributed by atoms with van der Waals surface area (Å²) in [5.74, 6) is 2.21. The van der Waals surface area contributed by atoms with Gasteiger partial charge in [0.2, 0.25) is 0 Å². The number of carbonyl (C=O) groups is 2. The molecule has 0 radical (unpaired) electrons. The summed E-state index contributed by atoms with van der Waals surface area (Å²) in [5.41, 5.74) is 11.6. The van der Waals surface area contributed by atoms with Gasteiger partial charge in [-0.3, -0.25) is 14.6 Å². The number of aromatic nitrogens is 4. The second kappa shape index (κ2) is 23.5. The minimum Gasteiger partial charge on any atom is -1.00 e. The molecule has 4 atom stereocenters. The number of halogens is 1. The fraction of sp³-hybridized carbons (Fsp3) is 0.565. The molecule has 0 saturated carbocycles. The highest BCUT2D eigenvalue weighted by molar-refractivity contribution is 5.92. The quantitative estimate of drug-likeness (QED) is 0.124. The molecule has 4 aliphatic heterocycles. The molecule has 4 aromatic rings. The Hall–Kier alpha value is -3.67. The fourth-order valence-electron chi connectivity index (χ4n) is 8.96. The Bertz CT molecular complexity index is 1970. The van der Waals surface area contributed by atoms with Crippen molar-refractivity contribution in [1.82, 2.24) is 34.2 Å². The number of amides is 1. The molecule has 4 unspecified atom stereocenters. The van der Waals surface area contributed by atoms with Gasteiger partial charge in [-0.05, 0) is 59.8 Å². The van der Waals surface area contributed by atoms with Crippen LogP contribution in [-0.2, 0) is 51.9 Å². The SMILES string of the molecule is CCCC1CCn2cc(C(=O)NCC(O)CN3CCc4ccccc4C3)nc2C1.CCCC1CCn2cc(C(=O)O)nc2C1.NCC(O)CN1CCc2ccccc2C1.[I-]. The molecule has 0 fully saturated rings. The average molecular weight is 938 g/mol. The monoisotopic (exact) mass is 937 g/mol. The summed E-state index contributed by atoms with van der Waals surface area (Å²) in [4.78, 5) is 36.5. The van der Waals surface area contributed by atoms with E-state index in [1.54, 1.807) is 6.20 Å². The van der Waals surface area contributed by atoms with Gasteiger partial charge in [-0.1, -0.05) is 88.1 Å². The lowest BCUT2D eigenvalue weighted by Crippen LogP contribution is -3.00. The van der Waals surface area contributed by atoms with Crippen molar-refractivity contribution in [2.75, 3.05) is 39.3 Å². The van der Waals surface area contributed by atoms with Gasteiger partial charge in [0.05, 0.1) is 12.2 Å². The first-order chi connectivity index (χ1) is 28.6. The lowest BCUT2D eigenvalue weighted by molar-refractivity contribution is -0.0000390. The number of hydrogen-bond acceptors (Lipinski definition) is 9. The molecule has 14 heteroatoms. The Balaban J connectivity index is 0.000000186. The van der Waals surface area contributed by atoms with E-state index in [9.17, 15) is 19.8 Å². The predicted molar refractivity (Wildman–Crippen MR) is 229 cm³/mol. The van der Waals surface area contributed by atoms with E-state index in [0.717, 1.165) is 89.4 Å². The van der Waals surface area contributed by atoms with Crippen molar-refractivity contribution in [3.8, 4) is 0 Å². The highest BCUT2D eigenvalue weighted by atomic mass is 127. The van der Waals surface area contributed by atoms with Crippen molar-refractivity contribution in [3.05, 3.63) is 106 Å². The molecule has 8 rings (SSSR count). The number of β-amino-alcohol motifs (C(OH)–C–C–N with tert-alkyl or cyclic N) is 2. The van der Waals surface area contributed by atoms with Crippen LogP contribution in [0.15, 0.2) is 60.9 Å². The molecule has 0 aliphatic carbocycles. The molecule has 0 spiro atoms. The normalized spacial score (nSPS) is 19.3. The van der Waals surface area contributed by atoms with Gasteiger partial charge in [-0.25, -0.2) is 14.8 Å². The summed E-state index contributed by atoms with van der Waals surface area (Å²) in [6, 6.07) is 17.0. The molecule has 328 valence electrons. The van der Waals surface area contributed by atoms with Gasteiger partial charge in [-0.2, -0.15) is 0 Å². The predicted octanol–water partition coefficient (Wildman–Crippen LogP) is 1.71. The third kappa shape index (κ3) is 13.4. The third-order valence-corrected chi connectivity index (χ3v) is 12.2. The van der Waals surface area contributed by atoms with Gasteiger partial charge in [0.25, 0.3) is 5.91 Å². The van der Waals surface area contributed by atoms with Crippen molar-refractivity contribution >= 4 is 11.9 Å². The summed E-state index contributed by atoms with van der Waals surface area (Å²) < 4.78 is 4.10. The van der Waals surface area contributed by atoms with Crippen molar-refractivity contribution in [2.24, 2.45) is 17.6 Å². The second-order valence-corrected chi connectivity index (χ2v) is 16.8. The van der Waals surface area contributed by atoms with E-state index in [1.165, 1.54) is 47.9 Å². The minimum absolute atomic E-state index is 0. The molecule has 60 heavy (non-hydrogen) atoms. The summed E-state index contributed by atoms with van der Waals surface area (Å²) in [7, 11) is 0. The summed E-state index contributed by atoms with van der Waals surface area (Å²) in [6.07, 6.45) is 13.6. The molecule has 2 aromatic carbocycles. The van der Waals surface area contributed by atoms with Gasteiger partial charge < -0.3 is 59.5 Å². The number of nitrogens with two attached hydrogens (primary N) is 1. The third-order valence-electron chi connectivity index (χ3n) is 12.2. The summed E-state index contributed by atoms with van der Waals surface area (Å²) >= 11 is 0. The van der Waals surface area contributed by atoms with E-state index in [4.69, 9.17) is 10.8 Å². The number of nitrogens with zero attached hydrogens (tertiary/aromatic N) is 6. The lowest BCUT2D eigenvalue weighted by atomic mass is 9.93. The Morgan fingerprint density at radius 1 is 0.733 bits per heavy atom. The number of carbonyl (C=O) groups excluding carboxylic acids is 1. The maximum atomic E-state index is 12.5. The first kappa shape index (κ1) is 47.4. The van der Waals surface area contributed by atoms with E-state index in [1.807, 2.05) is 10.8 Å². The zero-order valence-corrected chi connectivity index (χ0v) is 37.7. The molecular weight excluding hydrogens is 871 g/mol. The van der Waals surface area contributed by atoms with Crippen LogP contribution in [0.5, 0.6) is 0 Å². The van der Waals surface area contributed by atoms with E-state index in [-0.39, 0.29) is 42.1 Å². The number of nitrogens with one attached hydrogen (secondary N) is 1. The number of benzene rings is 2. The average Bonchev–Trinajstić information content (AvgIpc) is 3.88.